The Morgan fingerprint density at radius 1 is 1.04 bits per heavy atom. The van der Waals surface area contributed by atoms with E-state index >= 15 is 0 Å². The maximum atomic E-state index is 13.1. The van der Waals surface area contributed by atoms with E-state index in [4.69, 9.17) is 0 Å². The van der Waals surface area contributed by atoms with Crippen LogP contribution in [0.2, 0.25) is 0 Å². The van der Waals surface area contributed by atoms with Crippen LogP contribution in [0.3, 0.4) is 0 Å². The number of carbonyl (C=O) groups is 1. The maximum Gasteiger partial charge on any atom is 0.224 e. The molecule has 4 nitrogen and oxygen atoms in total. The second kappa shape index (κ2) is 8.53. The number of carbonyl (C=O) groups excluding carboxylic acids is 1. The van der Waals surface area contributed by atoms with E-state index in [1.165, 1.54) is 35.6 Å². The van der Waals surface area contributed by atoms with Crippen molar-refractivity contribution in [3.05, 3.63) is 71.1 Å². The molecule has 7 heteroatoms. The Morgan fingerprint density at radius 3 is 2.62 bits per heavy atom. The summed E-state index contributed by atoms with van der Waals surface area (Å²) in [7, 11) is 0. The number of amides is 1. The zero-order valence-corrected chi connectivity index (χ0v) is 14.7. The summed E-state index contributed by atoms with van der Waals surface area (Å²) in [6.45, 7) is 0.949. The Balaban J connectivity index is 1.42. The molecule has 26 heavy (non-hydrogen) atoms. The molecule has 0 radical (unpaired) electrons. The van der Waals surface area contributed by atoms with E-state index in [0.717, 1.165) is 16.4 Å². The Labute approximate surface area is 153 Å². The summed E-state index contributed by atoms with van der Waals surface area (Å²) in [4.78, 5) is 16.3. The fourth-order valence-electron chi connectivity index (χ4n) is 2.37. The third kappa shape index (κ3) is 5.10. The van der Waals surface area contributed by atoms with Gasteiger partial charge in [0.15, 0.2) is 5.13 Å². The molecule has 3 rings (SSSR count). The molecule has 0 saturated carbocycles. The minimum Gasteiger partial charge on any atom is -0.360 e. The third-order valence-corrected chi connectivity index (χ3v) is 4.42. The van der Waals surface area contributed by atoms with Crippen molar-refractivity contribution < 1.29 is 13.6 Å². The Kier molecular flexibility index (Phi) is 5.91. The maximum absolute atomic E-state index is 13.1. The molecule has 0 aliphatic heterocycles. The van der Waals surface area contributed by atoms with Crippen LogP contribution in [0.15, 0.2) is 53.9 Å². The topological polar surface area (TPSA) is 54.0 Å². The fraction of sp³-hybridized carbons (Fsp3) is 0.158. The first-order chi connectivity index (χ1) is 12.6. The smallest absolute Gasteiger partial charge is 0.224 e. The minimum absolute atomic E-state index is 0.143. The Morgan fingerprint density at radius 2 is 1.85 bits per heavy atom. The number of rotatable bonds is 7. The van der Waals surface area contributed by atoms with Crippen molar-refractivity contribution in [2.45, 2.75) is 6.42 Å². The van der Waals surface area contributed by atoms with Crippen LogP contribution in [-0.2, 0) is 11.2 Å². The largest absolute Gasteiger partial charge is 0.360 e. The quantitative estimate of drug-likeness (QED) is 0.619. The SMILES string of the molecule is O=C(Cc1cccc(F)c1)NCCNc1nc(-c2ccc(F)cc2)cs1. The molecule has 1 heterocycles. The number of hydrogen-bond acceptors (Lipinski definition) is 4. The van der Waals surface area contributed by atoms with Crippen molar-refractivity contribution in [3.63, 3.8) is 0 Å². The number of nitrogens with zero attached hydrogens (tertiary/aromatic N) is 1. The van der Waals surface area contributed by atoms with Crippen LogP contribution >= 0.6 is 11.3 Å². The number of thiazole rings is 1. The monoisotopic (exact) mass is 373 g/mol. The molecular formula is C19H17F2N3OS. The summed E-state index contributed by atoms with van der Waals surface area (Å²) in [6, 6.07) is 12.2. The van der Waals surface area contributed by atoms with E-state index in [9.17, 15) is 13.6 Å². The van der Waals surface area contributed by atoms with E-state index in [1.807, 2.05) is 5.38 Å². The second-order valence-corrected chi connectivity index (χ2v) is 6.49. The van der Waals surface area contributed by atoms with E-state index in [-0.39, 0.29) is 24.0 Å². The van der Waals surface area contributed by atoms with Crippen LogP contribution in [0.1, 0.15) is 5.56 Å². The first-order valence-electron chi connectivity index (χ1n) is 8.06. The summed E-state index contributed by atoms with van der Waals surface area (Å²) in [5.74, 6) is -0.794. The van der Waals surface area contributed by atoms with Gasteiger partial charge in [0, 0.05) is 24.0 Å². The predicted molar refractivity (Wildman–Crippen MR) is 99.1 cm³/mol. The molecule has 1 amide bonds. The predicted octanol–water partition coefficient (Wildman–Crippen LogP) is 3.86. The van der Waals surface area contributed by atoms with Crippen molar-refractivity contribution in [2.24, 2.45) is 0 Å². The van der Waals surface area contributed by atoms with Gasteiger partial charge in [-0.2, -0.15) is 0 Å². The van der Waals surface area contributed by atoms with Gasteiger partial charge in [-0.1, -0.05) is 12.1 Å². The lowest BCUT2D eigenvalue weighted by atomic mass is 10.1. The van der Waals surface area contributed by atoms with Crippen LogP contribution < -0.4 is 10.6 Å². The second-order valence-electron chi connectivity index (χ2n) is 5.63. The molecule has 2 aromatic carbocycles. The number of aromatic nitrogens is 1. The van der Waals surface area contributed by atoms with Gasteiger partial charge in [0.1, 0.15) is 11.6 Å². The summed E-state index contributed by atoms with van der Waals surface area (Å²) >= 11 is 1.44. The molecule has 0 unspecified atom stereocenters. The van der Waals surface area contributed by atoms with Gasteiger partial charge in [0.25, 0.3) is 0 Å². The fourth-order valence-corrected chi connectivity index (χ4v) is 3.12. The van der Waals surface area contributed by atoms with Gasteiger partial charge in [-0.15, -0.1) is 11.3 Å². The lowest BCUT2D eigenvalue weighted by molar-refractivity contribution is -0.120. The molecule has 2 N–H and O–H groups in total. The van der Waals surface area contributed by atoms with Gasteiger partial charge >= 0.3 is 0 Å². The summed E-state index contributed by atoms with van der Waals surface area (Å²) in [6.07, 6.45) is 0.143. The van der Waals surface area contributed by atoms with Gasteiger partial charge in [-0.25, -0.2) is 13.8 Å². The van der Waals surface area contributed by atoms with Crippen molar-refractivity contribution in [1.29, 1.82) is 0 Å². The van der Waals surface area contributed by atoms with E-state index in [1.54, 1.807) is 24.3 Å². The summed E-state index contributed by atoms with van der Waals surface area (Å²) in [5.41, 5.74) is 2.26. The highest BCUT2D eigenvalue weighted by molar-refractivity contribution is 7.14. The van der Waals surface area contributed by atoms with Crippen molar-refractivity contribution in [2.75, 3.05) is 18.4 Å². The Hall–Kier alpha value is -2.80. The first-order valence-corrected chi connectivity index (χ1v) is 8.94. The summed E-state index contributed by atoms with van der Waals surface area (Å²) in [5, 5.41) is 8.52. The van der Waals surface area contributed by atoms with Crippen LogP contribution in [-0.4, -0.2) is 24.0 Å². The minimum atomic E-state index is -0.349. The van der Waals surface area contributed by atoms with Crippen molar-refractivity contribution >= 4 is 22.4 Å². The molecule has 134 valence electrons. The van der Waals surface area contributed by atoms with E-state index in [0.29, 0.717) is 18.7 Å². The molecule has 3 aromatic rings. The number of halogens is 2. The molecule has 0 fully saturated rings. The standard InChI is InChI=1S/C19H17F2N3OS/c20-15-6-4-14(5-7-15)17-12-26-19(24-17)23-9-8-22-18(25)11-13-2-1-3-16(21)10-13/h1-7,10,12H,8-9,11H2,(H,22,25)(H,23,24). The normalized spacial score (nSPS) is 10.5. The average molecular weight is 373 g/mol. The highest BCUT2D eigenvalue weighted by Gasteiger charge is 2.06. The van der Waals surface area contributed by atoms with Gasteiger partial charge in [0.2, 0.25) is 5.91 Å². The van der Waals surface area contributed by atoms with Gasteiger partial charge in [-0.3, -0.25) is 4.79 Å². The van der Waals surface area contributed by atoms with E-state index < -0.39 is 0 Å². The Bertz CT molecular complexity index is 881. The van der Waals surface area contributed by atoms with Crippen LogP contribution in [0.5, 0.6) is 0 Å². The van der Waals surface area contributed by atoms with Gasteiger partial charge in [-0.05, 0) is 42.0 Å². The lowest BCUT2D eigenvalue weighted by Crippen LogP contribution is -2.30. The summed E-state index contributed by atoms with van der Waals surface area (Å²) < 4.78 is 26.0. The molecular weight excluding hydrogens is 356 g/mol. The average Bonchev–Trinajstić information content (AvgIpc) is 3.08. The zero-order valence-electron chi connectivity index (χ0n) is 13.8. The number of benzene rings is 2. The zero-order chi connectivity index (χ0) is 18.4. The number of anilines is 1. The van der Waals surface area contributed by atoms with Gasteiger partial charge in [0.05, 0.1) is 12.1 Å². The molecule has 0 atom stereocenters. The highest BCUT2D eigenvalue weighted by Crippen LogP contribution is 2.24. The third-order valence-electron chi connectivity index (χ3n) is 3.62. The lowest BCUT2D eigenvalue weighted by Gasteiger charge is -2.06. The van der Waals surface area contributed by atoms with Crippen LogP contribution in [0, 0.1) is 11.6 Å². The van der Waals surface area contributed by atoms with Gasteiger partial charge < -0.3 is 10.6 Å². The van der Waals surface area contributed by atoms with Crippen molar-refractivity contribution in [1.82, 2.24) is 10.3 Å². The molecule has 1 aromatic heterocycles. The van der Waals surface area contributed by atoms with Crippen LogP contribution in [0.25, 0.3) is 11.3 Å². The molecule has 0 bridgehead atoms. The van der Waals surface area contributed by atoms with Crippen LogP contribution in [0.4, 0.5) is 13.9 Å². The number of hydrogen-bond donors (Lipinski definition) is 2. The molecule has 0 aliphatic rings. The van der Waals surface area contributed by atoms with Crippen molar-refractivity contribution in [3.8, 4) is 11.3 Å². The van der Waals surface area contributed by atoms with E-state index in [2.05, 4.69) is 15.6 Å². The molecule has 0 spiro atoms. The first kappa shape index (κ1) is 18.0. The number of nitrogens with one attached hydrogen (secondary N) is 2. The molecule has 0 aliphatic carbocycles. The molecule has 0 saturated heterocycles. The highest BCUT2D eigenvalue weighted by atomic mass is 32.1.